The van der Waals surface area contributed by atoms with Crippen molar-refractivity contribution in [2.45, 2.75) is 58.0 Å². The highest BCUT2D eigenvalue weighted by Crippen LogP contribution is 2.28. The smallest absolute Gasteiger partial charge is 0.0475 e. The van der Waals surface area contributed by atoms with Crippen LogP contribution in [0.15, 0.2) is 30.3 Å². The Labute approximate surface area is 130 Å². The first-order valence-electron chi connectivity index (χ1n) is 8.76. The van der Waals surface area contributed by atoms with Crippen LogP contribution in [0.5, 0.6) is 0 Å². The molecule has 118 valence electrons. The molecule has 1 saturated heterocycles. The Hall–Kier alpha value is -0.860. The van der Waals surface area contributed by atoms with Crippen LogP contribution in [-0.4, -0.2) is 31.1 Å². The third-order valence-electron chi connectivity index (χ3n) is 5.20. The van der Waals surface area contributed by atoms with E-state index in [4.69, 9.17) is 0 Å². The Morgan fingerprint density at radius 3 is 2.52 bits per heavy atom. The van der Waals surface area contributed by atoms with Gasteiger partial charge in [-0.3, -0.25) is 4.90 Å². The van der Waals surface area contributed by atoms with E-state index in [0.717, 1.165) is 5.92 Å². The fourth-order valence-electron chi connectivity index (χ4n) is 3.87. The van der Waals surface area contributed by atoms with Crippen molar-refractivity contribution in [3.63, 3.8) is 0 Å². The summed E-state index contributed by atoms with van der Waals surface area (Å²) in [4.78, 5) is 2.74. The summed E-state index contributed by atoms with van der Waals surface area (Å²) in [5.74, 6) is 0.942. The zero-order valence-corrected chi connectivity index (χ0v) is 14.0. The molecule has 2 rings (SSSR count). The SMILES string of the molecule is CCC1CCCN(C(CC)C(NC)c2ccccc2)CC1. The molecule has 0 aliphatic carbocycles. The minimum absolute atomic E-state index is 0.439. The maximum atomic E-state index is 3.57. The topological polar surface area (TPSA) is 15.3 Å². The minimum Gasteiger partial charge on any atom is -0.312 e. The van der Waals surface area contributed by atoms with Crippen molar-refractivity contribution in [1.82, 2.24) is 10.2 Å². The molecule has 21 heavy (non-hydrogen) atoms. The Morgan fingerprint density at radius 1 is 1.14 bits per heavy atom. The molecule has 3 unspecified atom stereocenters. The molecule has 1 aromatic carbocycles. The number of benzene rings is 1. The van der Waals surface area contributed by atoms with Crippen LogP contribution in [0.1, 0.15) is 57.6 Å². The molecule has 0 aromatic heterocycles. The van der Waals surface area contributed by atoms with Crippen LogP contribution in [0, 0.1) is 5.92 Å². The number of hydrogen-bond donors (Lipinski definition) is 1. The van der Waals surface area contributed by atoms with Gasteiger partial charge in [0.25, 0.3) is 0 Å². The van der Waals surface area contributed by atoms with Gasteiger partial charge in [0.2, 0.25) is 0 Å². The molecule has 1 fully saturated rings. The Kier molecular flexibility index (Phi) is 6.72. The average Bonchev–Trinajstić information content (AvgIpc) is 2.78. The van der Waals surface area contributed by atoms with Gasteiger partial charge >= 0.3 is 0 Å². The van der Waals surface area contributed by atoms with Crippen LogP contribution in [0.4, 0.5) is 0 Å². The second-order valence-electron chi connectivity index (χ2n) is 6.39. The predicted octanol–water partition coefficient (Wildman–Crippen LogP) is 4.24. The van der Waals surface area contributed by atoms with Crippen LogP contribution in [-0.2, 0) is 0 Å². The van der Waals surface area contributed by atoms with Crippen LogP contribution in [0.2, 0.25) is 0 Å². The van der Waals surface area contributed by atoms with Gasteiger partial charge in [0.05, 0.1) is 0 Å². The number of likely N-dealkylation sites (N-methyl/N-ethyl adjacent to an activating group) is 1. The molecule has 0 radical (unpaired) electrons. The quantitative estimate of drug-likeness (QED) is 0.842. The first kappa shape index (κ1) is 16.5. The molecule has 1 aromatic rings. The molecular formula is C19H32N2. The number of hydrogen-bond acceptors (Lipinski definition) is 2. The van der Waals surface area contributed by atoms with Crippen molar-refractivity contribution in [3.05, 3.63) is 35.9 Å². The summed E-state index contributed by atoms with van der Waals surface area (Å²) in [6.07, 6.45) is 6.70. The van der Waals surface area contributed by atoms with E-state index in [9.17, 15) is 0 Å². The van der Waals surface area contributed by atoms with Gasteiger partial charge in [0.15, 0.2) is 0 Å². The van der Waals surface area contributed by atoms with E-state index >= 15 is 0 Å². The molecule has 0 bridgehead atoms. The molecular weight excluding hydrogens is 256 g/mol. The summed E-state index contributed by atoms with van der Waals surface area (Å²) in [7, 11) is 2.10. The monoisotopic (exact) mass is 288 g/mol. The summed E-state index contributed by atoms with van der Waals surface area (Å²) < 4.78 is 0. The van der Waals surface area contributed by atoms with Crippen molar-refractivity contribution < 1.29 is 0 Å². The molecule has 1 N–H and O–H groups in total. The van der Waals surface area contributed by atoms with Gasteiger partial charge < -0.3 is 5.32 Å². The lowest BCUT2D eigenvalue weighted by Gasteiger charge is -2.36. The Balaban J connectivity index is 2.10. The molecule has 2 heteroatoms. The molecule has 1 aliphatic rings. The summed E-state index contributed by atoms with van der Waals surface area (Å²) in [6, 6.07) is 12.0. The molecule has 0 amide bonds. The maximum absolute atomic E-state index is 3.57. The van der Waals surface area contributed by atoms with Gasteiger partial charge in [-0.25, -0.2) is 0 Å². The van der Waals surface area contributed by atoms with Gasteiger partial charge in [-0.15, -0.1) is 0 Å². The Morgan fingerprint density at radius 2 is 1.90 bits per heavy atom. The van der Waals surface area contributed by atoms with Crippen LogP contribution in [0.25, 0.3) is 0 Å². The largest absolute Gasteiger partial charge is 0.312 e. The Bertz CT molecular complexity index is 390. The number of nitrogens with zero attached hydrogens (tertiary/aromatic N) is 1. The fourth-order valence-corrected chi connectivity index (χ4v) is 3.87. The van der Waals surface area contributed by atoms with E-state index in [2.05, 4.69) is 61.4 Å². The zero-order chi connectivity index (χ0) is 15.1. The third-order valence-corrected chi connectivity index (χ3v) is 5.20. The molecule has 0 saturated carbocycles. The normalized spacial score (nSPS) is 23.5. The number of nitrogens with one attached hydrogen (secondary N) is 1. The molecule has 0 spiro atoms. The van der Waals surface area contributed by atoms with E-state index in [0.29, 0.717) is 12.1 Å². The fraction of sp³-hybridized carbons (Fsp3) is 0.684. The second kappa shape index (κ2) is 8.55. The van der Waals surface area contributed by atoms with Crippen LogP contribution >= 0.6 is 0 Å². The first-order chi connectivity index (χ1) is 10.3. The lowest BCUT2D eigenvalue weighted by Crippen LogP contribution is -2.44. The summed E-state index contributed by atoms with van der Waals surface area (Å²) in [5, 5.41) is 3.57. The van der Waals surface area contributed by atoms with Gasteiger partial charge in [0.1, 0.15) is 0 Å². The van der Waals surface area contributed by atoms with Crippen molar-refractivity contribution in [2.75, 3.05) is 20.1 Å². The standard InChI is InChI=1S/C19H32N2/c1-4-16-10-9-14-21(15-13-16)18(5-2)19(20-3)17-11-7-6-8-12-17/h6-8,11-12,16,18-20H,4-5,9-10,13-15H2,1-3H3. The van der Waals surface area contributed by atoms with Crippen molar-refractivity contribution in [1.29, 1.82) is 0 Å². The lowest BCUT2D eigenvalue weighted by atomic mass is 9.95. The minimum atomic E-state index is 0.439. The average molecular weight is 288 g/mol. The van der Waals surface area contributed by atoms with Gasteiger partial charge in [-0.2, -0.15) is 0 Å². The molecule has 2 nitrogen and oxygen atoms in total. The molecule has 1 heterocycles. The van der Waals surface area contributed by atoms with E-state index in [1.807, 2.05) is 0 Å². The molecule has 3 atom stereocenters. The van der Waals surface area contributed by atoms with Crippen LogP contribution in [0.3, 0.4) is 0 Å². The number of likely N-dealkylation sites (tertiary alicyclic amines) is 1. The predicted molar refractivity (Wildman–Crippen MR) is 91.5 cm³/mol. The van der Waals surface area contributed by atoms with Gasteiger partial charge in [-0.1, -0.05) is 50.6 Å². The van der Waals surface area contributed by atoms with E-state index in [1.165, 1.54) is 50.8 Å². The van der Waals surface area contributed by atoms with E-state index < -0.39 is 0 Å². The maximum Gasteiger partial charge on any atom is 0.0475 e. The van der Waals surface area contributed by atoms with E-state index in [1.54, 1.807) is 0 Å². The lowest BCUT2D eigenvalue weighted by molar-refractivity contribution is 0.158. The third kappa shape index (κ3) is 4.31. The van der Waals surface area contributed by atoms with Crippen molar-refractivity contribution >= 4 is 0 Å². The zero-order valence-electron chi connectivity index (χ0n) is 14.0. The van der Waals surface area contributed by atoms with Gasteiger partial charge in [-0.05, 0) is 57.3 Å². The summed E-state index contributed by atoms with van der Waals surface area (Å²) >= 11 is 0. The summed E-state index contributed by atoms with van der Waals surface area (Å²) in [6.45, 7) is 7.21. The van der Waals surface area contributed by atoms with Crippen molar-refractivity contribution in [3.8, 4) is 0 Å². The highest BCUT2D eigenvalue weighted by atomic mass is 15.2. The highest BCUT2D eigenvalue weighted by Gasteiger charge is 2.27. The van der Waals surface area contributed by atoms with Gasteiger partial charge in [0, 0.05) is 12.1 Å². The summed E-state index contributed by atoms with van der Waals surface area (Å²) in [5.41, 5.74) is 1.42. The van der Waals surface area contributed by atoms with Crippen LogP contribution < -0.4 is 5.32 Å². The second-order valence-corrected chi connectivity index (χ2v) is 6.39. The number of rotatable bonds is 6. The van der Waals surface area contributed by atoms with Crippen molar-refractivity contribution in [2.24, 2.45) is 5.92 Å². The highest BCUT2D eigenvalue weighted by molar-refractivity contribution is 5.20. The van der Waals surface area contributed by atoms with E-state index in [-0.39, 0.29) is 0 Å². The first-order valence-corrected chi connectivity index (χ1v) is 8.76. The molecule has 1 aliphatic heterocycles.